The summed E-state index contributed by atoms with van der Waals surface area (Å²) in [5.74, 6) is 0.732. The molecule has 1 atom stereocenters. The average molecular weight is 441 g/mol. The fraction of sp³-hybridized carbons (Fsp3) is 0.375. The molecule has 2 aromatic carbocycles. The molecule has 1 heterocycles. The van der Waals surface area contributed by atoms with Crippen LogP contribution in [0.4, 0.5) is 10.1 Å². The minimum Gasteiger partial charge on any atom is -0.497 e. The van der Waals surface area contributed by atoms with Crippen LogP contribution >= 0.6 is 0 Å². The molecule has 1 N–H and O–H groups in total. The zero-order chi connectivity index (χ0) is 21.6. The van der Waals surface area contributed by atoms with Gasteiger partial charge in [0, 0.05) is 17.3 Å². The van der Waals surface area contributed by atoms with Gasteiger partial charge in [-0.25, -0.2) is 12.8 Å². The quantitative estimate of drug-likeness (QED) is 0.589. The minimum absolute atomic E-state index is 0.136. The highest BCUT2D eigenvalue weighted by Gasteiger charge is 2.61. The maximum Gasteiger partial charge on any atom is 0.236 e. The zero-order valence-electron chi connectivity index (χ0n) is 17.3. The maximum atomic E-state index is 13.8. The Morgan fingerprint density at radius 1 is 1.10 bits per heavy atom. The number of hydrogen-bond acceptors (Lipinski definition) is 4. The van der Waals surface area contributed by atoms with Crippen LogP contribution in [0.25, 0.3) is 10.9 Å². The van der Waals surface area contributed by atoms with E-state index in [-0.39, 0.29) is 16.5 Å². The van der Waals surface area contributed by atoms with Gasteiger partial charge < -0.3 is 4.74 Å². The fourth-order valence-electron chi connectivity index (χ4n) is 5.17. The molecule has 2 aliphatic rings. The van der Waals surface area contributed by atoms with Gasteiger partial charge in [0.2, 0.25) is 10.0 Å². The average Bonchev–Trinajstić information content (AvgIpc) is 3.49. The largest absolute Gasteiger partial charge is 0.497 e. The van der Waals surface area contributed by atoms with Gasteiger partial charge in [0.25, 0.3) is 0 Å². The zero-order valence-corrected chi connectivity index (χ0v) is 18.2. The first-order valence-electron chi connectivity index (χ1n) is 10.6. The summed E-state index contributed by atoms with van der Waals surface area (Å²) in [6.07, 6.45) is 6.03. The molecule has 2 saturated carbocycles. The lowest BCUT2D eigenvalue weighted by molar-refractivity contribution is 0.307. The number of ether oxygens (including phenoxy) is 1. The standard InChI is InChI=1S/C24H25FN2O3S/c1-30-19-5-3-18(4-6-19)27-31(28,29)23-15-24(23)11-8-16(9-12-24)20-10-13-26-22-7-2-17(25)14-21(20)22/h2-7,10,13-14,16,23,27H,8-9,11-12,15H2,1H3. The Morgan fingerprint density at radius 2 is 1.84 bits per heavy atom. The predicted molar refractivity (Wildman–Crippen MR) is 119 cm³/mol. The molecule has 31 heavy (non-hydrogen) atoms. The Hall–Kier alpha value is -2.67. The molecular formula is C24H25FN2O3S. The third kappa shape index (κ3) is 3.76. The van der Waals surface area contributed by atoms with Crippen molar-refractivity contribution in [2.24, 2.45) is 5.41 Å². The molecule has 0 bridgehead atoms. The van der Waals surface area contributed by atoms with Gasteiger partial charge in [-0.3, -0.25) is 9.71 Å². The molecule has 3 aromatic rings. The van der Waals surface area contributed by atoms with Crippen molar-refractivity contribution in [2.45, 2.75) is 43.3 Å². The topological polar surface area (TPSA) is 68.3 Å². The Morgan fingerprint density at radius 3 is 2.55 bits per heavy atom. The fourth-order valence-corrected chi connectivity index (χ4v) is 7.22. The van der Waals surface area contributed by atoms with E-state index in [1.165, 1.54) is 6.07 Å². The number of aromatic nitrogens is 1. The third-order valence-corrected chi connectivity index (χ3v) is 8.93. The summed E-state index contributed by atoms with van der Waals surface area (Å²) >= 11 is 0. The number of nitrogens with zero attached hydrogens (tertiary/aromatic N) is 1. The molecule has 1 spiro atoms. The first-order chi connectivity index (χ1) is 14.9. The van der Waals surface area contributed by atoms with Crippen molar-refractivity contribution in [3.05, 3.63) is 66.1 Å². The number of fused-ring (bicyclic) bond motifs is 1. The van der Waals surface area contributed by atoms with Crippen molar-refractivity contribution >= 4 is 26.6 Å². The Bertz CT molecular complexity index is 1220. The van der Waals surface area contributed by atoms with E-state index >= 15 is 0 Å². The van der Waals surface area contributed by atoms with E-state index in [4.69, 9.17) is 4.74 Å². The normalized spacial score (nSPS) is 25.5. The molecule has 7 heteroatoms. The summed E-state index contributed by atoms with van der Waals surface area (Å²) < 4.78 is 47.6. The van der Waals surface area contributed by atoms with E-state index in [0.717, 1.165) is 42.1 Å². The lowest BCUT2D eigenvalue weighted by atomic mass is 9.76. The van der Waals surface area contributed by atoms with Crippen LogP contribution in [-0.2, 0) is 10.0 Å². The van der Waals surface area contributed by atoms with E-state index < -0.39 is 10.0 Å². The third-order valence-electron chi connectivity index (χ3n) is 7.00. The van der Waals surface area contributed by atoms with Gasteiger partial charge in [-0.05, 0) is 97.5 Å². The molecule has 0 amide bonds. The number of pyridine rings is 1. The van der Waals surface area contributed by atoms with Crippen molar-refractivity contribution in [1.29, 1.82) is 0 Å². The first kappa shape index (κ1) is 20.2. The number of benzene rings is 2. The Labute approximate surface area is 181 Å². The molecule has 162 valence electrons. The highest BCUT2D eigenvalue weighted by Crippen LogP contribution is 2.61. The maximum absolute atomic E-state index is 13.8. The van der Waals surface area contributed by atoms with Crippen molar-refractivity contribution in [2.75, 3.05) is 11.8 Å². The summed E-state index contributed by atoms with van der Waals surface area (Å²) in [6.45, 7) is 0. The van der Waals surface area contributed by atoms with Crippen LogP contribution in [0.2, 0.25) is 0 Å². The van der Waals surface area contributed by atoms with Crippen LogP contribution in [0.3, 0.4) is 0 Å². The second kappa shape index (κ2) is 7.48. The van der Waals surface area contributed by atoms with Crippen LogP contribution in [0.1, 0.15) is 43.6 Å². The number of rotatable bonds is 5. The van der Waals surface area contributed by atoms with Crippen molar-refractivity contribution in [3.8, 4) is 5.75 Å². The van der Waals surface area contributed by atoms with Crippen LogP contribution in [0, 0.1) is 11.2 Å². The smallest absolute Gasteiger partial charge is 0.236 e. The Kier molecular flexibility index (Phi) is 4.88. The van der Waals surface area contributed by atoms with Crippen LogP contribution in [0.15, 0.2) is 54.7 Å². The molecule has 1 aromatic heterocycles. The van der Waals surface area contributed by atoms with Gasteiger partial charge in [-0.15, -0.1) is 0 Å². The number of nitrogens with one attached hydrogen (secondary N) is 1. The van der Waals surface area contributed by atoms with Gasteiger partial charge in [-0.2, -0.15) is 0 Å². The predicted octanol–water partition coefficient (Wildman–Crippen LogP) is 5.24. The summed E-state index contributed by atoms with van der Waals surface area (Å²) in [5.41, 5.74) is 2.34. The number of halogens is 1. The van der Waals surface area contributed by atoms with Crippen LogP contribution in [-0.4, -0.2) is 25.8 Å². The number of methoxy groups -OCH3 is 1. The summed E-state index contributed by atoms with van der Waals surface area (Å²) in [6, 6.07) is 13.6. The van der Waals surface area contributed by atoms with Gasteiger partial charge in [-0.1, -0.05) is 0 Å². The molecule has 0 saturated heterocycles. The van der Waals surface area contributed by atoms with E-state index in [2.05, 4.69) is 9.71 Å². The van der Waals surface area contributed by atoms with Crippen molar-refractivity contribution in [1.82, 2.24) is 4.98 Å². The lowest BCUT2D eigenvalue weighted by Crippen LogP contribution is -2.25. The van der Waals surface area contributed by atoms with E-state index in [9.17, 15) is 12.8 Å². The number of hydrogen-bond donors (Lipinski definition) is 1. The molecule has 0 aliphatic heterocycles. The molecule has 2 fully saturated rings. The molecule has 1 unspecified atom stereocenters. The van der Waals surface area contributed by atoms with E-state index in [1.807, 2.05) is 6.07 Å². The molecule has 0 radical (unpaired) electrons. The van der Waals surface area contributed by atoms with Gasteiger partial charge >= 0.3 is 0 Å². The van der Waals surface area contributed by atoms with E-state index in [1.54, 1.807) is 49.7 Å². The summed E-state index contributed by atoms with van der Waals surface area (Å²) in [4.78, 5) is 4.35. The minimum atomic E-state index is -3.44. The van der Waals surface area contributed by atoms with Crippen LogP contribution in [0.5, 0.6) is 5.75 Å². The van der Waals surface area contributed by atoms with Crippen molar-refractivity contribution in [3.63, 3.8) is 0 Å². The second-order valence-corrected chi connectivity index (χ2v) is 10.6. The number of sulfonamides is 1. The molecule has 2 aliphatic carbocycles. The van der Waals surface area contributed by atoms with Gasteiger partial charge in [0.15, 0.2) is 0 Å². The first-order valence-corrected chi connectivity index (χ1v) is 12.1. The summed E-state index contributed by atoms with van der Waals surface area (Å²) in [5, 5.41) is 0.513. The SMILES string of the molecule is COc1ccc(NS(=O)(=O)C2CC23CCC(c2ccnc4ccc(F)cc24)CC3)cc1. The Balaban J connectivity index is 1.28. The van der Waals surface area contributed by atoms with Crippen molar-refractivity contribution < 1.29 is 17.5 Å². The highest BCUT2D eigenvalue weighted by atomic mass is 32.2. The number of anilines is 1. The second-order valence-electron chi connectivity index (χ2n) is 8.77. The lowest BCUT2D eigenvalue weighted by Gasteiger charge is -2.30. The van der Waals surface area contributed by atoms with Crippen LogP contribution < -0.4 is 9.46 Å². The van der Waals surface area contributed by atoms with Gasteiger partial charge in [0.1, 0.15) is 11.6 Å². The van der Waals surface area contributed by atoms with Gasteiger partial charge in [0.05, 0.1) is 17.9 Å². The monoisotopic (exact) mass is 440 g/mol. The molecule has 5 nitrogen and oxygen atoms in total. The summed E-state index contributed by atoms with van der Waals surface area (Å²) in [7, 11) is -1.86. The molecular weight excluding hydrogens is 415 g/mol. The van der Waals surface area contributed by atoms with E-state index in [0.29, 0.717) is 23.8 Å². The highest BCUT2D eigenvalue weighted by molar-refractivity contribution is 7.93. The molecule has 5 rings (SSSR count).